The molecule has 1 unspecified atom stereocenters. The number of likely N-dealkylation sites (N-methyl/N-ethyl adjacent to an activating group) is 1. The summed E-state index contributed by atoms with van der Waals surface area (Å²) in [6.07, 6.45) is 0. The Hall–Kier alpha value is -3.55. The number of benzene rings is 1. The van der Waals surface area contributed by atoms with Gasteiger partial charge in [-0.3, -0.25) is 9.59 Å². The number of nitrogens with two attached hydrogens (primary N) is 1. The van der Waals surface area contributed by atoms with Gasteiger partial charge in [0, 0.05) is 36.6 Å². The number of amides is 1. The van der Waals surface area contributed by atoms with Crippen LogP contribution in [-0.4, -0.2) is 30.1 Å². The smallest absolute Gasteiger partial charge is 0.341 e. The lowest BCUT2D eigenvalue weighted by Gasteiger charge is -2.35. The first-order valence-corrected chi connectivity index (χ1v) is 9.78. The molecule has 3 heterocycles. The maximum absolute atomic E-state index is 13.8. The van der Waals surface area contributed by atoms with Gasteiger partial charge in [-0.05, 0) is 26.8 Å². The highest BCUT2D eigenvalue weighted by Crippen LogP contribution is 2.54. The molecule has 0 radical (unpaired) electrons. The maximum Gasteiger partial charge on any atom is 0.341 e. The van der Waals surface area contributed by atoms with Crippen molar-refractivity contribution >= 4 is 17.6 Å². The summed E-state index contributed by atoms with van der Waals surface area (Å²) in [6.45, 7) is 5.75. The van der Waals surface area contributed by atoms with Gasteiger partial charge in [0.05, 0.1) is 12.2 Å². The van der Waals surface area contributed by atoms with Crippen LogP contribution in [-0.2, 0) is 26.3 Å². The second-order valence-corrected chi connectivity index (χ2v) is 7.27. The van der Waals surface area contributed by atoms with E-state index in [4.69, 9.17) is 15.2 Å². The summed E-state index contributed by atoms with van der Waals surface area (Å²) in [6, 6.07) is 8.72. The average molecular weight is 409 g/mol. The molecule has 1 spiro atoms. The number of anilines is 1. The fraction of sp³-hybridized carbons (Fsp3) is 0.318. The Morgan fingerprint density at radius 1 is 1.23 bits per heavy atom. The number of pyridine rings is 1. The highest BCUT2D eigenvalue weighted by molar-refractivity contribution is 6.18. The molecule has 2 aliphatic rings. The molecule has 1 amide bonds. The van der Waals surface area contributed by atoms with E-state index in [1.165, 1.54) is 4.90 Å². The quantitative estimate of drug-likeness (QED) is 0.772. The Balaban J connectivity index is 2.21. The molecule has 4 rings (SSSR count). The highest BCUT2D eigenvalue weighted by Gasteiger charge is 2.61. The van der Waals surface area contributed by atoms with E-state index in [2.05, 4.69) is 0 Å². The Morgan fingerprint density at radius 3 is 2.60 bits per heavy atom. The van der Waals surface area contributed by atoms with Gasteiger partial charge in [0.25, 0.3) is 5.56 Å². The third kappa shape index (κ3) is 2.30. The number of hydrogen-bond donors (Lipinski definition) is 1. The molecule has 30 heavy (non-hydrogen) atoms. The molecular weight excluding hydrogens is 386 g/mol. The number of para-hydroxylation sites is 1. The minimum atomic E-state index is -1.74. The van der Waals surface area contributed by atoms with Gasteiger partial charge in [-0.2, -0.15) is 0 Å². The fourth-order valence-corrected chi connectivity index (χ4v) is 4.54. The first-order valence-electron chi connectivity index (χ1n) is 9.78. The number of nitrogens with zero attached hydrogens (tertiary/aromatic N) is 2. The fourth-order valence-electron chi connectivity index (χ4n) is 4.54. The van der Waals surface area contributed by atoms with Gasteiger partial charge < -0.3 is 24.7 Å². The third-order valence-electron chi connectivity index (χ3n) is 5.78. The summed E-state index contributed by atoms with van der Waals surface area (Å²) in [5.74, 6) is -1.32. The molecule has 156 valence electrons. The van der Waals surface area contributed by atoms with E-state index in [9.17, 15) is 14.4 Å². The third-order valence-corrected chi connectivity index (χ3v) is 5.78. The van der Waals surface area contributed by atoms with E-state index < -0.39 is 22.9 Å². The van der Waals surface area contributed by atoms with E-state index >= 15 is 0 Å². The molecule has 2 aliphatic heterocycles. The van der Waals surface area contributed by atoms with Crippen molar-refractivity contribution in [1.82, 2.24) is 4.57 Å². The highest BCUT2D eigenvalue weighted by atomic mass is 16.5. The minimum Gasteiger partial charge on any atom is -0.462 e. The van der Waals surface area contributed by atoms with Crippen molar-refractivity contribution in [2.75, 3.05) is 18.6 Å². The molecule has 2 N–H and O–H groups in total. The SMILES string of the molecule is CCOC(=O)C1=C(N)Oc2cc(C)n(CC)c(=O)c2C12C(=O)N(C)c1ccccc12. The first kappa shape index (κ1) is 19.8. The second kappa shape index (κ2) is 6.76. The van der Waals surface area contributed by atoms with Crippen molar-refractivity contribution in [2.45, 2.75) is 32.7 Å². The zero-order valence-corrected chi connectivity index (χ0v) is 17.3. The van der Waals surface area contributed by atoms with Crippen molar-refractivity contribution in [1.29, 1.82) is 0 Å². The number of esters is 1. The second-order valence-electron chi connectivity index (χ2n) is 7.27. The lowest BCUT2D eigenvalue weighted by Crippen LogP contribution is -2.51. The number of rotatable bonds is 3. The van der Waals surface area contributed by atoms with Crippen molar-refractivity contribution in [2.24, 2.45) is 5.73 Å². The van der Waals surface area contributed by atoms with Gasteiger partial charge in [-0.15, -0.1) is 0 Å². The van der Waals surface area contributed by atoms with Crippen molar-refractivity contribution in [3.8, 4) is 5.75 Å². The lowest BCUT2D eigenvalue weighted by molar-refractivity contribution is -0.140. The van der Waals surface area contributed by atoms with Crippen LogP contribution in [0.5, 0.6) is 5.75 Å². The molecule has 0 saturated carbocycles. The van der Waals surface area contributed by atoms with Crippen molar-refractivity contribution in [3.05, 3.63) is 69.0 Å². The molecule has 1 atom stereocenters. The Bertz CT molecular complexity index is 1180. The molecule has 2 aromatic rings. The molecular formula is C22H23N3O5. The zero-order chi connectivity index (χ0) is 21.8. The maximum atomic E-state index is 13.8. The number of hydrogen-bond acceptors (Lipinski definition) is 6. The van der Waals surface area contributed by atoms with Crippen LogP contribution in [0.1, 0.15) is 30.7 Å². The van der Waals surface area contributed by atoms with Gasteiger partial charge in [-0.1, -0.05) is 18.2 Å². The molecule has 0 bridgehead atoms. The number of ether oxygens (including phenoxy) is 2. The van der Waals surface area contributed by atoms with Gasteiger partial charge in [0.1, 0.15) is 16.7 Å². The van der Waals surface area contributed by atoms with Gasteiger partial charge >= 0.3 is 5.97 Å². The summed E-state index contributed by atoms with van der Waals surface area (Å²) >= 11 is 0. The number of aryl methyl sites for hydroxylation is 1. The lowest BCUT2D eigenvalue weighted by atomic mass is 9.68. The van der Waals surface area contributed by atoms with Gasteiger partial charge in [-0.25, -0.2) is 4.79 Å². The molecule has 8 nitrogen and oxygen atoms in total. The van der Waals surface area contributed by atoms with Crippen LogP contribution in [0.25, 0.3) is 0 Å². The Kier molecular flexibility index (Phi) is 4.45. The van der Waals surface area contributed by atoms with Gasteiger partial charge in [0.15, 0.2) is 0 Å². The molecule has 1 aromatic heterocycles. The number of carbonyl (C=O) groups excluding carboxylic acids is 2. The average Bonchev–Trinajstić information content (AvgIpc) is 2.91. The van der Waals surface area contributed by atoms with E-state index in [-0.39, 0.29) is 29.4 Å². The van der Waals surface area contributed by atoms with E-state index in [1.54, 1.807) is 55.8 Å². The molecule has 8 heteroatoms. The molecule has 0 aliphatic carbocycles. The van der Waals surface area contributed by atoms with Crippen LogP contribution in [0.2, 0.25) is 0 Å². The predicted octanol–water partition coefficient (Wildman–Crippen LogP) is 1.56. The summed E-state index contributed by atoms with van der Waals surface area (Å²) in [7, 11) is 1.61. The standard InChI is InChI=1S/C22H23N3O5/c1-5-25-12(3)11-15-16(19(25)26)22(17(18(23)30-15)20(27)29-6-2)13-9-7-8-10-14(13)24(4)21(22)28/h7-11H,5-6,23H2,1-4H3. The first-order chi connectivity index (χ1) is 14.3. The van der Waals surface area contributed by atoms with Crippen molar-refractivity contribution < 1.29 is 19.1 Å². The van der Waals surface area contributed by atoms with Crippen LogP contribution in [0.4, 0.5) is 5.69 Å². The number of aromatic nitrogens is 1. The summed E-state index contributed by atoms with van der Waals surface area (Å²) in [5.41, 5.74) is 5.71. The molecule has 0 saturated heterocycles. The van der Waals surface area contributed by atoms with Crippen molar-refractivity contribution in [3.63, 3.8) is 0 Å². The number of carbonyl (C=O) groups is 2. The molecule has 1 aromatic carbocycles. The summed E-state index contributed by atoms with van der Waals surface area (Å²) < 4.78 is 12.5. The van der Waals surface area contributed by atoms with Crippen LogP contribution in [0, 0.1) is 6.92 Å². The topological polar surface area (TPSA) is 104 Å². The van der Waals surface area contributed by atoms with Gasteiger partial charge in [0.2, 0.25) is 11.8 Å². The van der Waals surface area contributed by atoms with E-state index in [0.717, 1.165) is 0 Å². The minimum absolute atomic E-state index is 0.0778. The number of fused-ring (bicyclic) bond motifs is 4. The van der Waals surface area contributed by atoms with E-state index in [1.807, 2.05) is 6.92 Å². The Labute approximate surface area is 173 Å². The predicted molar refractivity (Wildman–Crippen MR) is 110 cm³/mol. The summed E-state index contributed by atoms with van der Waals surface area (Å²) in [5, 5.41) is 0. The van der Waals surface area contributed by atoms with E-state index in [0.29, 0.717) is 23.5 Å². The van der Waals surface area contributed by atoms with Crippen LogP contribution in [0.15, 0.2) is 46.6 Å². The van der Waals surface area contributed by atoms with Crippen LogP contribution in [0.3, 0.4) is 0 Å². The largest absolute Gasteiger partial charge is 0.462 e. The molecule has 0 fully saturated rings. The zero-order valence-electron chi connectivity index (χ0n) is 17.3. The van der Waals surface area contributed by atoms with Crippen LogP contribution >= 0.6 is 0 Å². The monoisotopic (exact) mass is 409 g/mol. The summed E-state index contributed by atoms with van der Waals surface area (Å²) in [4.78, 5) is 41.9. The van der Waals surface area contributed by atoms with Crippen LogP contribution < -0.4 is 20.9 Å². The normalized spacial score (nSPS) is 19.6. The Morgan fingerprint density at radius 2 is 1.93 bits per heavy atom.